The molecule has 1 amide bonds. The molecule has 2 bridgehead atoms. The molecule has 11 atom stereocenters. The molecule has 63 heavy (non-hydrogen) atoms. The van der Waals surface area contributed by atoms with E-state index in [2.05, 4.69) is 5.32 Å². The van der Waals surface area contributed by atoms with Crippen molar-refractivity contribution in [2.24, 2.45) is 22.5 Å². The molecule has 3 aliphatic carbocycles. The zero-order valence-corrected chi connectivity index (χ0v) is 35.5. The molecule has 0 radical (unpaired) electrons. The van der Waals surface area contributed by atoms with Crippen LogP contribution in [-0.4, -0.2) is 112 Å². The van der Waals surface area contributed by atoms with Gasteiger partial charge in [0.25, 0.3) is 5.91 Å². The molecular weight excluding hydrogens is 817 g/mol. The van der Waals surface area contributed by atoms with Crippen LogP contribution < -0.4 is 11.1 Å². The number of aliphatic hydroxyl groups excluding tert-OH is 2. The predicted octanol–water partition coefficient (Wildman–Crippen LogP) is 2.67. The lowest BCUT2D eigenvalue weighted by molar-refractivity contribution is -0.346. The van der Waals surface area contributed by atoms with E-state index in [0.717, 1.165) is 6.92 Å². The molecule has 334 valence electrons. The summed E-state index contributed by atoms with van der Waals surface area (Å²) in [7, 11) is 0. The molecule has 7 rings (SSSR count). The molecule has 0 spiro atoms. The van der Waals surface area contributed by atoms with E-state index in [1.54, 1.807) is 92.7 Å². The molecule has 1 saturated heterocycles. The first-order valence-electron chi connectivity index (χ1n) is 20.7. The number of amides is 1. The molecule has 4 aliphatic rings. The lowest BCUT2D eigenvalue weighted by atomic mass is 9.44. The fourth-order valence-corrected chi connectivity index (χ4v) is 10.2. The number of Topliss-reactive ketones (excluding diaryl/α,β-unsaturated/α-hetero) is 1. The molecule has 3 fully saturated rings. The zero-order valence-electron chi connectivity index (χ0n) is 35.5. The molecule has 0 aromatic heterocycles. The van der Waals surface area contributed by atoms with Gasteiger partial charge in [-0.25, -0.2) is 9.59 Å². The van der Waals surface area contributed by atoms with Crippen molar-refractivity contribution in [2.45, 2.75) is 101 Å². The lowest BCUT2D eigenvalue weighted by Crippen LogP contribution is -2.82. The van der Waals surface area contributed by atoms with Gasteiger partial charge < -0.3 is 50.1 Å². The third-order valence-electron chi connectivity index (χ3n) is 13.6. The number of ketones is 1. The van der Waals surface area contributed by atoms with Crippen LogP contribution >= 0.6 is 0 Å². The SMILES string of the molecule is CC(=O)O[C@@]12COC1C[C@H](O)C1(C)C(=O)[C@H](OC(=O)CN)C3=C(C)[C@@H](OC(=O)[C@H](O)[C@@H](NC(=O)c4ccccc4)c4ccccc4)C[C@@](O)([C@@H](OC(=O)c4ccccc4)[C@@H]12)C3(C)C. The van der Waals surface area contributed by atoms with Crippen molar-refractivity contribution >= 4 is 35.6 Å². The minimum absolute atomic E-state index is 0.0477. The normalized spacial score (nSPS) is 31.5. The van der Waals surface area contributed by atoms with E-state index >= 15 is 4.79 Å². The molecule has 1 heterocycles. The fourth-order valence-electron chi connectivity index (χ4n) is 10.2. The number of rotatable bonds is 11. The van der Waals surface area contributed by atoms with Crippen LogP contribution in [0.1, 0.15) is 79.8 Å². The van der Waals surface area contributed by atoms with Gasteiger partial charge >= 0.3 is 23.9 Å². The number of esters is 4. The second-order valence-electron chi connectivity index (χ2n) is 17.4. The maximum absolute atomic E-state index is 15.6. The van der Waals surface area contributed by atoms with E-state index in [4.69, 9.17) is 29.4 Å². The summed E-state index contributed by atoms with van der Waals surface area (Å²) in [5, 5.41) is 40.3. The van der Waals surface area contributed by atoms with Gasteiger partial charge in [0.05, 0.1) is 42.2 Å². The van der Waals surface area contributed by atoms with Gasteiger partial charge in [0.1, 0.15) is 23.9 Å². The highest BCUT2D eigenvalue weighted by atomic mass is 16.6. The highest BCUT2D eigenvalue weighted by Gasteiger charge is 2.78. The quantitative estimate of drug-likeness (QED) is 0.106. The maximum Gasteiger partial charge on any atom is 0.338 e. The Balaban J connectivity index is 1.40. The van der Waals surface area contributed by atoms with Crippen molar-refractivity contribution in [1.82, 2.24) is 5.32 Å². The number of hydrogen-bond acceptors (Lipinski definition) is 15. The first kappa shape index (κ1) is 45.3. The summed E-state index contributed by atoms with van der Waals surface area (Å²) in [6, 6.07) is 22.8. The summed E-state index contributed by atoms with van der Waals surface area (Å²) in [5.41, 5.74) is -1.55. The number of fused-ring (bicyclic) bond motifs is 5. The maximum atomic E-state index is 15.6. The Hall–Kier alpha value is -5.78. The van der Waals surface area contributed by atoms with Crippen molar-refractivity contribution in [3.8, 4) is 0 Å². The molecule has 16 heteroatoms. The van der Waals surface area contributed by atoms with E-state index < -0.39 is 119 Å². The van der Waals surface area contributed by atoms with Crippen LogP contribution in [0.3, 0.4) is 0 Å². The van der Waals surface area contributed by atoms with E-state index in [1.165, 1.54) is 26.0 Å². The molecule has 3 aromatic carbocycles. The van der Waals surface area contributed by atoms with Gasteiger partial charge in [0, 0.05) is 30.7 Å². The minimum atomic E-state index is -2.42. The van der Waals surface area contributed by atoms with E-state index in [1.807, 2.05) is 0 Å². The third-order valence-corrected chi connectivity index (χ3v) is 13.6. The van der Waals surface area contributed by atoms with Gasteiger partial charge in [-0.15, -0.1) is 0 Å². The number of carbonyl (C=O) groups excluding carboxylic acids is 6. The zero-order chi connectivity index (χ0) is 45.6. The van der Waals surface area contributed by atoms with E-state index in [-0.39, 0.29) is 35.3 Å². The Bertz CT molecular complexity index is 2300. The van der Waals surface area contributed by atoms with Gasteiger partial charge in [-0.2, -0.15) is 0 Å². The van der Waals surface area contributed by atoms with Crippen LogP contribution in [0.25, 0.3) is 0 Å². The fraction of sp³-hybridized carbons (Fsp3) is 0.447. The topological polar surface area (TPSA) is 247 Å². The summed E-state index contributed by atoms with van der Waals surface area (Å²) in [4.78, 5) is 83.9. The summed E-state index contributed by atoms with van der Waals surface area (Å²) in [6.45, 7) is 6.10. The van der Waals surface area contributed by atoms with Crippen molar-refractivity contribution in [2.75, 3.05) is 13.2 Å². The molecule has 16 nitrogen and oxygen atoms in total. The number of nitrogens with two attached hydrogens (primary N) is 1. The Kier molecular flexibility index (Phi) is 12.3. The average Bonchev–Trinajstić information content (AvgIpc) is 3.26. The van der Waals surface area contributed by atoms with E-state index in [0.29, 0.717) is 5.56 Å². The predicted molar refractivity (Wildman–Crippen MR) is 221 cm³/mol. The van der Waals surface area contributed by atoms with Gasteiger partial charge in [0.15, 0.2) is 23.6 Å². The van der Waals surface area contributed by atoms with Crippen LogP contribution in [0.2, 0.25) is 0 Å². The van der Waals surface area contributed by atoms with Crippen molar-refractivity contribution in [1.29, 1.82) is 0 Å². The van der Waals surface area contributed by atoms with Gasteiger partial charge in [-0.1, -0.05) is 80.6 Å². The summed E-state index contributed by atoms with van der Waals surface area (Å²) < 4.78 is 30.3. The van der Waals surface area contributed by atoms with Crippen molar-refractivity contribution < 1.29 is 67.8 Å². The Morgan fingerprint density at radius 3 is 2.03 bits per heavy atom. The number of benzene rings is 3. The highest BCUT2D eigenvalue weighted by Crippen LogP contribution is 2.64. The first-order chi connectivity index (χ1) is 29.8. The number of carbonyl (C=O) groups is 6. The van der Waals surface area contributed by atoms with E-state index in [9.17, 15) is 39.3 Å². The second kappa shape index (κ2) is 17.1. The van der Waals surface area contributed by atoms with Crippen LogP contribution in [0.5, 0.6) is 0 Å². The first-order valence-corrected chi connectivity index (χ1v) is 20.7. The largest absolute Gasteiger partial charge is 0.456 e. The second-order valence-corrected chi connectivity index (χ2v) is 17.4. The van der Waals surface area contributed by atoms with Gasteiger partial charge in [-0.3, -0.25) is 19.2 Å². The number of nitrogens with one attached hydrogen (secondary N) is 1. The van der Waals surface area contributed by atoms with Gasteiger partial charge in [0.2, 0.25) is 0 Å². The van der Waals surface area contributed by atoms with Crippen molar-refractivity contribution in [3.05, 3.63) is 119 Å². The van der Waals surface area contributed by atoms with Crippen LogP contribution in [-0.2, 0) is 42.9 Å². The third kappa shape index (κ3) is 7.63. The molecule has 2 unspecified atom stereocenters. The number of aliphatic hydroxyl groups is 3. The van der Waals surface area contributed by atoms with Crippen molar-refractivity contribution in [3.63, 3.8) is 0 Å². The molecule has 2 saturated carbocycles. The molecule has 3 aromatic rings. The minimum Gasteiger partial charge on any atom is -0.456 e. The average molecular weight is 869 g/mol. The van der Waals surface area contributed by atoms with Crippen LogP contribution in [0, 0.1) is 16.7 Å². The summed E-state index contributed by atoms with van der Waals surface area (Å²) in [5.74, 6) is -7.11. The Morgan fingerprint density at radius 1 is 0.889 bits per heavy atom. The number of ether oxygens (including phenoxy) is 5. The molecule has 6 N–H and O–H groups in total. The van der Waals surface area contributed by atoms with Gasteiger partial charge in [-0.05, 0) is 54.8 Å². The molecule has 1 aliphatic heterocycles. The Labute approximate surface area is 363 Å². The lowest BCUT2D eigenvalue weighted by Gasteiger charge is -2.67. The standard InChI is InChI=1S/C47H52N2O14/c1-25-30(60-43(57)36(53)35(27-15-9-6-10-16-27)49-41(55)28-17-11-7-12-18-28)22-47(58)40(62-42(56)29-19-13-8-14-20-29)38-45(5,31(51)21-32-46(38,24-59-32)63-26(2)50)39(54)37(61-33(52)23-48)34(25)44(47,3)4/h6-20,30-32,35-38,40,51,53,58H,21-24,48H2,1-5H3,(H,49,55)/t30-,31-,32?,35-,36+,37+,38-,40-,45?,46-,47+/m0/s1. The monoisotopic (exact) mass is 868 g/mol. The molecular formula is C47H52N2O14. The smallest absolute Gasteiger partial charge is 0.338 e. The number of hydrogen-bond donors (Lipinski definition) is 5. The van der Waals surface area contributed by atoms with Crippen LogP contribution in [0.4, 0.5) is 0 Å². The summed E-state index contributed by atoms with van der Waals surface area (Å²) >= 11 is 0. The van der Waals surface area contributed by atoms with Crippen LogP contribution in [0.15, 0.2) is 102 Å². The Morgan fingerprint density at radius 2 is 1.48 bits per heavy atom. The summed E-state index contributed by atoms with van der Waals surface area (Å²) in [6.07, 6.45) is -10.8. The highest BCUT2D eigenvalue weighted by molar-refractivity contribution is 5.96.